The Hall–Kier alpha value is -2.83. The lowest BCUT2D eigenvalue weighted by molar-refractivity contribution is -0.128. The molecule has 25 heavy (non-hydrogen) atoms. The summed E-state index contributed by atoms with van der Waals surface area (Å²) in [5.74, 6) is 0.321. The van der Waals surface area contributed by atoms with E-state index in [2.05, 4.69) is 15.8 Å². The molecule has 0 saturated carbocycles. The monoisotopic (exact) mass is 342 g/mol. The minimum atomic E-state index is -0.450. The summed E-state index contributed by atoms with van der Waals surface area (Å²) in [7, 11) is 0. The Kier molecular flexibility index (Phi) is 5.02. The van der Waals surface area contributed by atoms with Gasteiger partial charge in [0.05, 0.1) is 5.69 Å². The van der Waals surface area contributed by atoms with Crippen molar-refractivity contribution in [1.29, 1.82) is 0 Å². The average Bonchev–Trinajstić information content (AvgIpc) is 3.16. The Morgan fingerprint density at radius 3 is 2.92 bits per heavy atom. The molecule has 1 aliphatic rings. The number of carbonyl (C=O) groups excluding carboxylic acids is 2. The van der Waals surface area contributed by atoms with Gasteiger partial charge < -0.3 is 14.7 Å². The molecular weight excluding hydrogens is 320 g/mol. The van der Waals surface area contributed by atoms with Gasteiger partial charge in [0.1, 0.15) is 6.04 Å². The molecule has 2 aromatic rings. The second kappa shape index (κ2) is 7.38. The van der Waals surface area contributed by atoms with Crippen LogP contribution in [-0.2, 0) is 16.1 Å². The SMILES string of the molecule is Cc1cc(NC(=O)[C@H](C)Nc2cccc(CN3CCCC3=O)c2)on1. The van der Waals surface area contributed by atoms with Crippen molar-refractivity contribution in [2.24, 2.45) is 0 Å². The molecule has 1 aromatic carbocycles. The zero-order valence-electron chi connectivity index (χ0n) is 14.4. The van der Waals surface area contributed by atoms with Gasteiger partial charge in [-0.05, 0) is 38.0 Å². The standard InChI is InChI=1S/C18H22N4O3/c1-12-9-16(25-21-12)20-18(24)13(2)19-15-6-3-5-14(10-15)11-22-8-4-7-17(22)23/h3,5-6,9-10,13,19H,4,7-8,11H2,1-2H3,(H,20,24)/t13-/m0/s1. The second-order valence-electron chi connectivity index (χ2n) is 6.31. The lowest BCUT2D eigenvalue weighted by atomic mass is 10.1. The zero-order valence-corrected chi connectivity index (χ0v) is 14.4. The number of benzene rings is 1. The largest absolute Gasteiger partial charge is 0.374 e. The predicted molar refractivity (Wildman–Crippen MR) is 94.0 cm³/mol. The molecule has 0 radical (unpaired) electrons. The number of nitrogens with one attached hydrogen (secondary N) is 2. The van der Waals surface area contributed by atoms with Gasteiger partial charge in [-0.2, -0.15) is 0 Å². The summed E-state index contributed by atoms with van der Waals surface area (Å²) in [6.07, 6.45) is 1.56. The van der Waals surface area contributed by atoms with E-state index in [0.29, 0.717) is 24.5 Å². The quantitative estimate of drug-likeness (QED) is 0.842. The van der Waals surface area contributed by atoms with Crippen molar-refractivity contribution in [3.05, 3.63) is 41.6 Å². The van der Waals surface area contributed by atoms with Crippen LogP contribution < -0.4 is 10.6 Å². The molecule has 1 fully saturated rings. The maximum Gasteiger partial charge on any atom is 0.248 e. The summed E-state index contributed by atoms with van der Waals surface area (Å²) in [6.45, 7) is 4.98. The fourth-order valence-corrected chi connectivity index (χ4v) is 2.82. The van der Waals surface area contributed by atoms with Crippen LogP contribution in [0.4, 0.5) is 11.6 Å². The van der Waals surface area contributed by atoms with Crippen LogP contribution in [0.15, 0.2) is 34.9 Å². The zero-order chi connectivity index (χ0) is 17.8. The minimum Gasteiger partial charge on any atom is -0.374 e. The molecule has 0 spiro atoms. The highest BCUT2D eigenvalue weighted by Crippen LogP contribution is 2.18. The van der Waals surface area contributed by atoms with Gasteiger partial charge in [0, 0.05) is 31.3 Å². The van der Waals surface area contributed by atoms with Crippen molar-refractivity contribution >= 4 is 23.4 Å². The van der Waals surface area contributed by atoms with Gasteiger partial charge in [0.25, 0.3) is 0 Å². The van der Waals surface area contributed by atoms with Crippen molar-refractivity contribution < 1.29 is 14.1 Å². The number of likely N-dealkylation sites (tertiary alicyclic amines) is 1. The van der Waals surface area contributed by atoms with Crippen LogP contribution in [0.3, 0.4) is 0 Å². The van der Waals surface area contributed by atoms with E-state index in [-0.39, 0.29) is 11.8 Å². The van der Waals surface area contributed by atoms with Crippen molar-refractivity contribution in [3.63, 3.8) is 0 Å². The first-order chi connectivity index (χ1) is 12.0. The molecule has 7 heteroatoms. The third-order valence-electron chi connectivity index (χ3n) is 4.12. The van der Waals surface area contributed by atoms with Gasteiger partial charge in [0.15, 0.2) is 0 Å². The summed E-state index contributed by atoms with van der Waals surface area (Å²) in [4.78, 5) is 25.8. The van der Waals surface area contributed by atoms with E-state index in [9.17, 15) is 9.59 Å². The van der Waals surface area contributed by atoms with Gasteiger partial charge in [-0.15, -0.1) is 0 Å². The highest BCUT2D eigenvalue weighted by atomic mass is 16.5. The Morgan fingerprint density at radius 2 is 2.24 bits per heavy atom. The van der Waals surface area contributed by atoms with E-state index in [1.54, 1.807) is 19.9 Å². The number of amides is 2. The fraction of sp³-hybridized carbons (Fsp3) is 0.389. The third-order valence-corrected chi connectivity index (χ3v) is 4.12. The molecule has 132 valence electrons. The average molecular weight is 342 g/mol. The van der Waals surface area contributed by atoms with Crippen LogP contribution >= 0.6 is 0 Å². The maximum absolute atomic E-state index is 12.2. The number of hydrogen-bond acceptors (Lipinski definition) is 5. The highest BCUT2D eigenvalue weighted by molar-refractivity contribution is 5.95. The minimum absolute atomic E-state index is 0.202. The molecule has 7 nitrogen and oxygen atoms in total. The van der Waals surface area contributed by atoms with Gasteiger partial charge in [-0.1, -0.05) is 17.3 Å². The Morgan fingerprint density at radius 1 is 1.40 bits per heavy atom. The summed E-state index contributed by atoms with van der Waals surface area (Å²) in [5, 5.41) is 9.58. The molecule has 2 amide bonds. The summed E-state index contributed by atoms with van der Waals surface area (Å²) in [6, 6.07) is 8.99. The molecular formula is C18H22N4O3. The van der Waals surface area contributed by atoms with Gasteiger partial charge in [-0.25, -0.2) is 0 Å². The van der Waals surface area contributed by atoms with Crippen LogP contribution in [0.2, 0.25) is 0 Å². The molecule has 1 atom stereocenters. The fourth-order valence-electron chi connectivity index (χ4n) is 2.82. The Bertz CT molecular complexity index is 771. The Balaban J connectivity index is 1.59. The van der Waals surface area contributed by atoms with Crippen LogP contribution in [0.5, 0.6) is 0 Å². The molecule has 0 unspecified atom stereocenters. The molecule has 1 saturated heterocycles. The Labute approximate surface area is 146 Å². The first-order valence-corrected chi connectivity index (χ1v) is 8.39. The lowest BCUT2D eigenvalue weighted by Crippen LogP contribution is -2.31. The van der Waals surface area contributed by atoms with Crippen LogP contribution in [-0.4, -0.2) is 34.5 Å². The molecule has 1 aliphatic heterocycles. The third kappa shape index (κ3) is 4.37. The number of aryl methyl sites for hydroxylation is 1. The van der Waals surface area contributed by atoms with Gasteiger partial charge >= 0.3 is 0 Å². The topological polar surface area (TPSA) is 87.5 Å². The van der Waals surface area contributed by atoms with E-state index in [1.165, 1.54) is 0 Å². The molecule has 0 aliphatic carbocycles. The predicted octanol–water partition coefficient (Wildman–Crippen LogP) is 2.54. The van der Waals surface area contributed by atoms with Crippen LogP contribution in [0, 0.1) is 6.92 Å². The van der Waals surface area contributed by atoms with Crippen LogP contribution in [0.1, 0.15) is 31.0 Å². The first-order valence-electron chi connectivity index (χ1n) is 8.39. The number of aromatic nitrogens is 1. The first kappa shape index (κ1) is 17.0. The lowest BCUT2D eigenvalue weighted by Gasteiger charge is -2.18. The van der Waals surface area contributed by atoms with Crippen molar-refractivity contribution in [3.8, 4) is 0 Å². The number of rotatable bonds is 6. The molecule has 2 heterocycles. The van der Waals surface area contributed by atoms with E-state index >= 15 is 0 Å². The summed E-state index contributed by atoms with van der Waals surface area (Å²) < 4.78 is 4.99. The van der Waals surface area contributed by atoms with Gasteiger partial charge in [-0.3, -0.25) is 14.9 Å². The number of hydrogen-bond donors (Lipinski definition) is 2. The van der Waals surface area contributed by atoms with E-state index in [4.69, 9.17) is 4.52 Å². The molecule has 3 rings (SSSR count). The van der Waals surface area contributed by atoms with Crippen LogP contribution in [0.25, 0.3) is 0 Å². The normalized spacial score (nSPS) is 15.3. The van der Waals surface area contributed by atoms with Gasteiger partial charge in [0.2, 0.25) is 17.7 Å². The van der Waals surface area contributed by atoms with E-state index in [1.807, 2.05) is 29.2 Å². The molecule has 2 N–H and O–H groups in total. The van der Waals surface area contributed by atoms with Crippen molar-refractivity contribution in [2.75, 3.05) is 17.2 Å². The number of nitrogens with zero attached hydrogens (tertiary/aromatic N) is 2. The summed E-state index contributed by atoms with van der Waals surface area (Å²) in [5.41, 5.74) is 2.58. The maximum atomic E-state index is 12.2. The smallest absolute Gasteiger partial charge is 0.248 e. The van der Waals surface area contributed by atoms with Crippen molar-refractivity contribution in [2.45, 2.75) is 39.3 Å². The molecule has 1 aromatic heterocycles. The highest BCUT2D eigenvalue weighted by Gasteiger charge is 2.20. The second-order valence-corrected chi connectivity index (χ2v) is 6.31. The molecule has 0 bridgehead atoms. The van der Waals surface area contributed by atoms with E-state index in [0.717, 1.165) is 24.2 Å². The number of carbonyl (C=O) groups is 2. The summed E-state index contributed by atoms with van der Waals surface area (Å²) >= 11 is 0. The number of anilines is 2. The van der Waals surface area contributed by atoms with Crippen molar-refractivity contribution in [1.82, 2.24) is 10.1 Å². The van der Waals surface area contributed by atoms with E-state index < -0.39 is 6.04 Å².